The van der Waals surface area contributed by atoms with E-state index in [0.717, 1.165) is 25.3 Å². The van der Waals surface area contributed by atoms with Crippen LogP contribution < -0.4 is 16.2 Å². The third kappa shape index (κ3) is 5.01. The molecule has 1 aromatic carbocycles. The molecule has 4 N–H and O–H groups in total. The number of halogens is 1. The lowest BCUT2D eigenvalue weighted by Crippen LogP contribution is -2.47. The first-order valence-electron chi connectivity index (χ1n) is 9.01. The maximum Gasteiger partial charge on any atom is 0.313 e. The van der Waals surface area contributed by atoms with Crippen molar-refractivity contribution in [3.63, 3.8) is 0 Å². The fourth-order valence-corrected chi connectivity index (χ4v) is 3.70. The van der Waals surface area contributed by atoms with Gasteiger partial charge in [-0.1, -0.05) is 6.07 Å². The molecule has 2 atom stereocenters. The lowest BCUT2D eigenvalue weighted by Gasteiger charge is -2.34. The number of aliphatic carboxylic acids is 1. The van der Waals surface area contributed by atoms with E-state index in [1.807, 2.05) is 0 Å². The Kier molecular flexibility index (Phi) is 6.02. The summed E-state index contributed by atoms with van der Waals surface area (Å²) in [5, 5.41) is 11.3. The Morgan fingerprint density at radius 3 is 2.63 bits per heavy atom. The number of carbonyl (C=O) groups excluding carboxylic acids is 2. The number of benzene rings is 1. The van der Waals surface area contributed by atoms with Crippen molar-refractivity contribution < 1.29 is 23.9 Å². The van der Waals surface area contributed by atoms with Crippen LogP contribution in [-0.4, -0.2) is 53.0 Å². The van der Waals surface area contributed by atoms with Gasteiger partial charge in [0, 0.05) is 30.9 Å². The number of carbonyl (C=O) groups is 3. The van der Waals surface area contributed by atoms with Gasteiger partial charge in [-0.25, -0.2) is 4.39 Å². The van der Waals surface area contributed by atoms with E-state index in [1.54, 1.807) is 0 Å². The number of nitrogens with zero attached hydrogens (tertiary/aromatic N) is 1. The Hall–Kier alpha value is -2.52. The Balaban J connectivity index is 1.46. The Bertz CT molecular complexity index is 721. The van der Waals surface area contributed by atoms with E-state index < -0.39 is 23.6 Å². The van der Waals surface area contributed by atoms with Gasteiger partial charge in [-0.3, -0.25) is 25.2 Å². The van der Waals surface area contributed by atoms with Crippen molar-refractivity contribution in [1.29, 1.82) is 0 Å². The van der Waals surface area contributed by atoms with Gasteiger partial charge in [-0.15, -0.1) is 0 Å². The van der Waals surface area contributed by atoms with Crippen LogP contribution in [0.2, 0.25) is 0 Å². The van der Waals surface area contributed by atoms with Crippen LogP contribution in [0.3, 0.4) is 0 Å². The monoisotopic (exact) mass is 378 g/mol. The zero-order valence-electron chi connectivity index (χ0n) is 14.8. The molecule has 2 fully saturated rings. The summed E-state index contributed by atoms with van der Waals surface area (Å²) in [4.78, 5) is 36.7. The largest absolute Gasteiger partial charge is 0.481 e. The van der Waals surface area contributed by atoms with E-state index in [-0.39, 0.29) is 24.2 Å². The Labute approximate surface area is 156 Å². The number of hydrogen-bond donors (Lipinski definition) is 4. The summed E-state index contributed by atoms with van der Waals surface area (Å²) in [5.74, 6) is -2.41. The average molecular weight is 378 g/mol. The number of likely N-dealkylation sites (tertiary alicyclic amines) is 1. The van der Waals surface area contributed by atoms with Gasteiger partial charge in [0.2, 0.25) is 0 Å². The molecule has 0 radical (unpaired) electrons. The highest BCUT2D eigenvalue weighted by atomic mass is 19.1. The minimum Gasteiger partial charge on any atom is -0.481 e. The van der Waals surface area contributed by atoms with Crippen LogP contribution in [0.4, 0.5) is 10.1 Å². The lowest BCUT2D eigenvalue weighted by molar-refractivity contribution is -0.144. The van der Waals surface area contributed by atoms with E-state index >= 15 is 0 Å². The van der Waals surface area contributed by atoms with Crippen molar-refractivity contribution in [2.24, 2.45) is 5.92 Å². The molecule has 1 aromatic rings. The topological polar surface area (TPSA) is 111 Å². The summed E-state index contributed by atoms with van der Waals surface area (Å²) in [7, 11) is 0. The van der Waals surface area contributed by atoms with E-state index in [0.29, 0.717) is 19.0 Å². The summed E-state index contributed by atoms with van der Waals surface area (Å²) >= 11 is 0. The van der Waals surface area contributed by atoms with Gasteiger partial charge in [0.15, 0.2) is 0 Å². The first-order valence-corrected chi connectivity index (χ1v) is 9.01. The van der Waals surface area contributed by atoms with E-state index in [4.69, 9.17) is 5.11 Å². The molecule has 2 aliphatic heterocycles. The summed E-state index contributed by atoms with van der Waals surface area (Å²) in [6.45, 7) is 0.920. The van der Waals surface area contributed by atoms with E-state index in [9.17, 15) is 18.8 Å². The molecule has 0 aliphatic carbocycles. The molecular weight excluding hydrogens is 355 g/mol. The first kappa shape index (κ1) is 19.2. The highest BCUT2D eigenvalue weighted by molar-refractivity contribution is 6.39. The molecule has 2 heterocycles. The zero-order chi connectivity index (χ0) is 19.4. The summed E-state index contributed by atoms with van der Waals surface area (Å²) in [6, 6.07) is 5.46. The van der Waals surface area contributed by atoms with E-state index in [2.05, 4.69) is 16.2 Å². The third-order valence-corrected chi connectivity index (χ3v) is 5.10. The summed E-state index contributed by atoms with van der Waals surface area (Å²) < 4.78 is 13.2. The average Bonchev–Trinajstić information content (AvgIpc) is 3.09. The lowest BCUT2D eigenvalue weighted by atomic mass is 9.87. The van der Waals surface area contributed by atoms with E-state index in [1.165, 1.54) is 23.1 Å². The van der Waals surface area contributed by atoms with Gasteiger partial charge in [0.25, 0.3) is 0 Å². The molecule has 0 bridgehead atoms. The van der Waals surface area contributed by atoms with Crippen LogP contribution in [0.25, 0.3) is 0 Å². The summed E-state index contributed by atoms with van der Waals surface area (Å²) in [5.41, 5.74) is 6.41. The van der Waals surface area contributed by atoms with Gasteiger partial charge in [0.05, 0.1) is 6.42 Å². The van der Waals surface area contributed by atoms with Gasteiger partial charge in [-0.05, 0) is 43.4 Å². The van der Waals surface area contributed by atoms with Gasteiger partial charge >= 0.3 is 17.8 Å². The van der Waals surface area contributed by atoms with Crippen LogP contribution in [0.5, 0.6) is 0 Å². The van der Waals surface area contributed by atoms with Crippen LogP contribution in [0, 0.1) is 11.7 Å². The second-order valence-corrected chi connectivity index (χ2v) is 7.02. The van der Waals surface area contributed by atoms with Crippen LogP contribution in [0.1, 0.15) is 25.7 Å². The molecule has 0 aromatic heterocycles. The van der Waals surface area contributed by atoms with Crippen molar-refractivity contribution in [2.75, 3.05) is 18.4 Å². The second kappa shape index (κ2) is 8.45. The highest BCUT2D eigenvalue weighted by Crippen LogP contribution is 2.26. The van der Waals surface area contributed by atoms with Crippen molar-refractivity contribution in [3.05, 3.63) is 30.1 Å². The van der Waals surface area contributed by atoms with Crippen molar-refractivity contribution in [3.8, 4) is 0 Å². The summed E-state index contributed by atoms with van der Waals surface area (Å²) in [6.07, 6.45) is 2.27. The van der Waals surface area contributed by atoms with Gasteiger partial charge in [-0.2, -0.15) is 0 Å². The van der Waals surface area contributed by atoms with Crippen LogP contribution >= 0.6 is 0 Å². The molecule has 2 aliphatic rings. The SMILES string of the molecule is O=C(O)CC1CC(C2CCN(C(=O)C(=O)Nc3cccc(F)c3)CC2)NN1. The zero-order valence-corrected chi connectivity index (χ0v) is 14.8. The molecule has 27 heavy (non-hydrogen) atoms. The smallest absolute Gasteiger partial charge is 0.313 e. The number of anilines is 1. The number of hydrazine groups is 1. The minimum absolute atomic E-state index is 0.0705. The maximum absolute atomic E-state index is 13.2. The second-order valence-electron chi connectivity index (χ2n) is 7.02. The molecule has 3 rings (SSSR count). The standard InChI is InChI=1S/C18H23FN4O4/c19-12-2-1-3-13(8-12)20-17(26)18(27)23-6-4-11(5-7-23)15-9-14(21-22-15)10-16(24)25/h1-3,8,11,14-15,21-22H,4-7,9-10H2,(H,20,26)(H,24,25). The van der Waals surface area contributed by atoms with Crippen LogP contribution in [-0.2, 0) is 14.4 Å². The first-order chi connectivity index (χ1) is 12.9. The fraction of sp³-hybridized carbons (Fsp3) is 0.500. The van der Waals surface area contributed by atoms with Crippen molar-refractivity contribution in [1.82, 2.24) is 15.8 Å². The number of nitrogens with one attached hydrogen (secondary N) is 3. The number of amides is 2. The van der Waals surface area contributed by atoms with Gasteiger partial charge < -0.3 is 15.3 Å². The number of hydrogen-bond acceptors (Lipinski definition) is 5. The molecule has 2 amide bonds. The molecule has 9 heteroatoms. The predicted octanol–water partition coefficient (Wildman–Crippen LogP) is 0.713. The Morgan fingerprint density at radius 1 is 1.22 bits per heavy atom. The molecular formula is C18H23FN4O4. The normalized spacial score (nSPS) is 23.2. The van der Waals surface area contributed by atoms with Crippen molar-refractivity contribution >= 4 is 23.5 Å². The maximum atomic E-state index is 13.2. The molecule has 146 valence electrons. The number of carboxylic acid groups (broad SMARTS) is 1. The molecule has 8 nitrogen and oxygen atoms in total. The minimum atomic E-state index is -0.834. The van der Waals surface area contributed by atoms with Crippen molar-refractivity contribution in [2.45, 2.75) is 37.8 Å². The highest BCUT2D eigenvalue weighted by Gasteiger charge is 2.35. The van der Waals surface area contributed by atoms with Gasteiger partial charge in [0.1, 0.15) is 5.82 Å². The molecule has 0 spiro atoms. The molecule has 2 unspecified atom stereocenters. The molecule has 0 saturated carbocycles. The predicted molar refractivity (Wildman–Crippen MR) is 95.1 cm³/mol. The third-order valence-electron chi connectivity index (χ3n) is 5.10. The fourth-order valence-electron chi connectivity index (χ4n) is 3.70. The quantitative estimate of drug-likeness (QED) is 0.575. The number of rotatable bonds is 4. The Morgan fingerprint density at radius 2 is 1.96 bits per heavy atom. The number of piperidine rings is 1. The van der Waals surface area contributed by atoms with Crippen LogP contribution in [0.15, 0.2) is 24.3 Å². The number of carboxylic acids is 1. The molecule has 2 saturated heterocycles.